The Kier molecular flexibility index (Phi) is 4.92. The monoisotopic (exact) mass is 417 g/mol. The number of hydrogen-bond acceptors (Lipinski definition) is 4. The molecule has 0 saturated heterocycles. The Morgan fingerprint density at radius 1 is 1.48 bits per heavy atom. The highest BCUT2D eigenvalue weighted by Crippen LogP contribution is 2.38. The van der Waals surface area contributed by atoms with E-state index in [2.05, 4.69) is 49.8 Å². The van der Waals surface area contributed by atoms with Gasteiger partial charge >= 0.3 is 5.97 Å². The molecule has 0 aliphatic rings. The zero-order valence-corrected chi connectivity index (χ0v) is 17.2. The second-order valence-corrected chi connectivity index (χ2v) is 13.6. The smallest absolute Gasteiger partial charge is 0.339 e. The van der Waals surface area contributed by atoms with Gasteiger partial charge in [-0.05, 0) is 34.1 Å². The molecule has 2 rings (SSSR count). The molecule has 2 heterocycles. The Hall–Kier alpha value is -0.963. The zero-order chi connectivity index (χ0) is 17.6. The topological polar surface area (TPSA) is 68.0 Å². The summed E-state index contributed by atoms with van der Waals surface area (Å²) in [6, 6.07) is 0. The van der Waals surface area contributed by atoms with Gasteiger partial charge in [0.15, 0.2) is 14.6 Å². The summed E-state index contributed by atoms with van der Waals surface area (Å²) in [5.74, 6) is -1.12. The lowest BCUT2D eigenvalue weighted by Gasteiger charge is -2.35. The highest BCUT2D eigenvalue weighted by Gasteiger charge is 2.37. The lowest BCUT2D eigenvalue weighted by Crippen LogP contribution is -2.40. The van der Waals surface area contributed by atoms with Gasteiger partial charge in [0.2, 0.25) is 0 Å². The van der Waals surface area contributed by atoms with Gasteiger partial charge in [-0.2, -0.15) is 0 Å². The lowest BCUT2D eigenvalue weighted by molar-refractivity contribution is 0.0693. The molecule has 0 aromatic carbocycles. The summed E-state index contributed by atoms with van der Waals surface area (Å²) in [6.45, 7) is 11.4. The van der Waals surface area contributed by atoms with Crippen LogP contribution in [0.5, 0.6) is 0 Å². The number of carboxylic acid groups (broad SMARTS) is 1. The molecule has 0 aliphatic carbocycles. The van der Waals surface area contributed by atoms with Gasteiger partial charge in [0, 0.05) is 11.1 Å². The van der Waals surface area contributed by atoms with E-state index in [1.54, 1.807) is 4.40 Å². The van der Waals surface area contributed by atoms with Crippen molar-refractivity contribution in [2.75, 3.05) is 0 Å². The molecule has 0 atom stereocenters. The number of aromatic carboxylic acids is 1. The van der Waals surface area contributed by atoms with E-state index in [-0.39, 0.29) is 16.2 Å². The number of thiazole rings is 1. The maximum Gasteiger partial charge on any atom is 0.339 e. The predicted molar refractivity (Wildman–Crippen MR) is 97.3 cm³/mol. The summed E-state index contributed by atoms with van der Waals surface area (Å²) in [5, 5.41) is 9.37. The second-order valence-electron chi connectivity index (χ2n) is 6.92. The molecule has 5 nitrogen and oxygen atoms in total. The highest BCUT2D eigenvalue weighted by atomic mass is 79.9. The first-order valence-electron chi connectivity index (χ1n) is 7.14. The first-order valence-corrected chi connectivity index (χ1v) is 11.7. The molecule has 0 amide bonds. The van der Waals surface area contributed by atoms with Crippen LogP contribution >= 0.6 is 27.3 Å². The minimum absolute atomic E-state index is 0.00288. The predicted octanol–water partition coefficient (Wildman–Crippen LogP) is 4.80. The summed E-state index contributed by atoms with van der Waals surface area (Å²) in [5.41, 5.74) is 0.205. The standard InChI is InChI=1S/C15H20BrNO4SSi/c1-15(2,3)23(4,5)21-8-9-6-17-12(16)11(14(19)20)10(7-18)13(17)22-9/h6-7H,8H2,1-5H3,(H,19,20). The molecule has 0 saturated carbocycles. The van der Waals surface area contributed by atoms with Crippen molar-refractivity contribution in [3.63, 3.8) is 0 Å². The van der Waals surface area contributed by atoms with Crippen LogP contribution in [0.25, 0.3) is 4.83 Å². The van der Waals surface area contributed by atoms with Crippen LogP contribution < -0.4 is 0 Å². The number of aromatic nitrogens is 1. The largest absolute Gasteiger partial charge is 0.478 e. The number of carbonyl (C=O) groups is 2. The van der Waals surface area contributed by atoms with Gasteiger partial charge in [0.1, 0.15) is 15.0 Å². The first kappa shape index (κ1) is 18.4. The number of halogens is 1. The average Bonchev–Trinajstić information content (AvgIpc) is 2.93. The van der Waals surface area contributed by atoms with Crippen LogP contribution in [0.1, 0.15) is 46.4 Å². The number of hydrogen-bond donors (Lipinski definition) is 1. The van der Waals surface area contributed by atoms with Crippen LogP contribution in [0.2, 0.25) is 18.1 Å². The van der Waals surface area contributed by atoms with E-state index in [0.29, 0.717) is 22.3 Å². The minimum Gasteiger partial charge on any atom is -0.478 e. The van der Waals surface area contributed by atoms with Gasteiger partial charge in [-0.15, -0.1) is 11.3 Å². The molecule has 0 radical (unpaired) electrons. The van der Waals surface area contributed by atoms with Crippen molar-refractivity contribution in [2.45, 2.75) is 45.5 Å². The van der Waals surface area contributed by atoms with E-state index >= 15 is 0 Å². The summed E-state index contributed by atoms with van der Waals surface area (Å²) in [4.78, 5) is 24.2. The van der Waals surface area contributed by atoms with Crippen LogP contribution in [-0.4, -0.2) is 30.1 Å². The fraction of sp³-hybridized carbons (Fsp3) is 0.467. The lowest BCUT2D eigenvalue weighted by atomic mass is 10.2. The van der Waals surface area contributed by atoms with Crippen molar-refractivity contribution in [2.24, 2.45) is 0 Å². The van der Waals surface area contributed by atoms with Crippen LogP contribution in [0.3, 0.4) is 0 Å². The molecule has 0 spiro atoms. The van der Waals surface area contributed by atoms with Gasteiger partial charge in [0.05, 0.1) is 12.2 Å². The summed E-state index contributed by atoms with van der Waals surface area (Å²) in [6.07, 6.45) is 2.43. The molecule has 2 aromatic heterocycles. The van der Waals surface area contributed by atoms with Crippen LogP contribution in [0, 0.1) is 0 Å². The Morgan fingerprint density at radius 2 is 2.09 bits per heavy atom. The molecule has 2 aromatic rings. The van der Waals surface area contributed by atoms with Gasteiger partial charge in [-0.3, -0.25) is 9.20 Å². The third kappa shape index (κ3) is 3.30. The number of carboxylic acids is 1. The summed E-state index contributed by atoms with van der Waals surface area (Å²) < 4.78 is 8.27. The van der Waals surface area contributed by atoms with Crippen LogP contribution in [-0.2, 0) is 11.0 Å². The Bertz CT molecular complexity index is 773. The first-order chi connectivity index (χ1) is 10.5. The third-order valence-corrected chi connectivity index (χ3v) is 10.7. The Balaban J connectivity index is 2.36. The van der Waals surface area contributed by atoms with E-state index < -0.39 is 14.3 Å². The number of carbonyl (C=O) groups excluding carboxylic acids is 1. The molecule has 126 valence electrons. The minimum atomic E-state index is -1.86. The fourth-order valence-corrected chi connectivity index (χ4v) is 4.78. The highest BCUT2D eigenvalue weighted by molar-refractivity contribution is 9.10. The van der Waals surface area contributed by atoms with Crippen LogP contribution in [0.15, 0.2) is 10.8 Å². The zero-order valence-electron chi connectivity index (χ0n) is 13.8. The van der Waals surface area contributed by atoms with E-state index in [0.717, 1.165) is 4.88 Å². The van der Waals surface area contributed by atoms with Crippen molar-refractivity contribution >= 4 is 52.7 Å². The van der Waals surface area contributed by atoms with Crippen molar-refractivity contribution < 1.29 is 19.1 Å². The number of fused-ring (bicyclic) bond motifs is 1. The number of rotatable bonds is 5. The molecule has 23 heavy (non-hydrogen) atoms. The van der Waals surface area contributed by atoms with Gasteiger partial charge in [-0.25, -0.2) is 4.79 Å². The van der Waals surface area contributed by atoms with E-state index in [4.69, 9.17) is 4.43 Å². The van der Waals surface area contributed by atoms with Gasteiger partial charge in [-0.1, -0.05) is 20.8 Å². The fourth-order valence-electron chi connectivity index (χ4n) is 1.92. The summed E-state index contributed by atoms with van der Waals surface area (Å²) >= 11 is 4.67. The molecule has 0 aliphatic heterocycles. The normalized spacial score (nSPS) is 12.8. The van der Waals surface area contributed by atoms with E-state index in [1.807, 2.05) is 6.20 Å². The molecule has 8 heteroatoms. The molecule has 0 unspecified atom stereocenters. The van der Waals surface area contributed by atoms with Gasteiger partial charge in [0.25, 0.3) is 0 Å². The third-order valence-electron chi connectivity index (χ3n) is 4.35. The van der Waals surface area contributed by atoms with Crippen molar-refractivity contribution in [3.8, 4) is 0 Å². The van der Waals surface area contributed by atoms with Gasteiger partial charge < -0.3 is 9.53 Å². The quantitative estimate of drug-likeness (QED) is 0.560. The Labute approximate surface area is 148 Å². The molecular weight excluding hydrogens is 398 g/mol. The second kappa shape index (κ2) is 6.16. The number of aldehydes is 1. The van der Waals surface area contributed by atoms with Crippen molar-refractivity contribution in [3.05, 3.63) is 26.8 Å². The molecule has 1 N–H and O–H groups in total. The Morgan fingerprint density at radius 3 is 2.57 bits per heavy atom. The number of nitrogens with zero attached hydrogens (tertiary/aromatic N) is 1. The van der Waals surface area contributed by atoms with Crippen molar-refractivity contribution in [1.82, 2.24) is 4.40 Å². The van der Waals surface area contributed by atoms with E-state index in [1.165, 1.54) is 11.3 Å². The maximum atomic E-state index is 11.3. The van der Waals surface area contributed by atoms with Crippen LogP contribution in [0.4, 0.5) is 0 Å². The maximum absolute atomic E-state index is 11.3. The SMILES string of the molecule is CC(C)(C)[Si](C)(C)OCc1cn2c(Br)c(C(=O)O)c(C=O)c2s1. The van der Waals surface area contributed by atoms with Crippen molar-refractivity contribution in [1.29, 1.82) is 0 Å². The summed E-state index contributed by atoms with van der Waals surface area (Å²) in [7, 11) is -1.86. The molecular formula is C15H20BrNO4SSi. The molecule has 0 bridgehead atoms. The average molecular weight is 418 g/mol. The van der Waals surface area contributed by atoms with E-state index in [9.17, 15) is 14.7 Å². The molecule has 0 fully saturated rings.